The Morgan fingerprint density at radius 2 is 1.90 bits per heavy atom. The van der Waals surface area contributed by atoms with Gasteiger partial charge >= 0.3 is 5.97 Å². The van der Waals surface area contributed by atoms with Gasteiger partial charge in [-0.25, -0.2) is 0 Å². The number of ether oxygens (including phenoxy) is 1. The molecule has 0 aliphatic carbocycles. The third-order valence-corrected chi connectivity index (χ3v) is 1.68. The van der Waals surface area contributed by atoms with Crippen molar-refractivity contribution >= 4 is 5.97 Å². The molecule has 0 bridgehead atoms. The highest BCUT2D eigenvalue weighted by Gasteiger charge is 2.03. The van der Waals surface area contributed by atoms with Gasteiger partial charge in [-0.05, 0) is 5.92 Å². The number of carbonyl (C=O) groups is 1. The summed E-state index contributed by atoms with van der Waals surface area (Å²) < 4.78 is 4.85. The summed E-state index contributed by atoms with van der Waals surface area (Å²) in [7, 11) is 0. The van der Waals surface area contributed by atoms with Crippen LogP contribution in [0.5, 0.6) is 0 Å². The lowest BCUT2D eigenvalue weighted by Gasteiger charge is -2.10. The van der Waals surface area contributed by atoms with Crippen molar-refractivity contribution in [2.24, 2.45) is 5.92 Å². The molecule has 0 heterocycles. The number of carbonyl (C=O) groups excluding carboxylic acids is 1. The van der Waals surface area contributed by atoms with Crippen molar-refractivity contribution in [3.63, 3.8) is 0 Å². The molecule has 0 atom stereocenters. The summed E-state index contributed by atoms with van der Waals surface area (Å²) >= 11 is 0. The second-order valence-electron chi connectivity index (χ2n) is 2.49. The zero-order valence-electron chi connectivity index (χ0n) is 7.02. The minimum atomic E-state index is -0.174. The fraction of sp³-hybridized carbons (Fsp3) is 0.875. The van der Waals surface area contributed by atoms with E-state index in [9.17, 15) is 4.79 Å². The predicted octanol–water partition coefficient (Wildman–Crippen LogP) is 1.99. The molecule has 10 heavy (non-hydrogen) atoms. The number of hydrogen-bond acceptors (Lipinski definition) is 2. The summed E-state index contributed by atoms with van der Waals surface area (Å²) in [5.41, 5.74) is 0. The van der Waals surface area contributed by atoms with Gasteiger partial charge in [0.05, 0.1) is 6.61 Å². The highest BCUT2D eigenvalue weighted by Crippen LogP contribution is 2.06. The normalized spacial score (nSPS) is 10.0. The van der Waals surface area contributed by atoms with E-state index in [1.807, 2.05) is 0 Å². The maximum atomic E-state index is 10.4. The van der Waals surface area contributed by atoms with Gasteiger partial charge in [0.2, 0.25) is 0 Å². The topological polar surface area (TPSA) is 26.3 Å². The van der Waals surface area contributed by atoms with E-state index in [4.69, 9.17) is 4.74 Å². The number of hydrogen-bond donors (Lipinski definition) is 0. The Kier molecular flexibility index (Phi) is 4.99. The molecule has 0 aromatic rings. The summed E-state index contributed by atoms with van der Waals surface area (Å²) in [4.78, 5) is 10.4. The molecular formula is C8H16O2. The van der Waals surface area contributed by atoms with E-state index in [0.29, 0.717) is 12.5 Å². The van der Waals surface area contributed by atoms with Crippen LogP contribution in [-0.2, 0) is 9.53 Å². The molecule has 0 spiro atoms. The van der Waals surface area contributed by atoms with E-state index in [0.717, 1.165) is 12.8 Å². The lowest BCUT2D eigenvalue weighted by atomic mass is 10.1. The Hall–Kier alpha value is -0.530. The number of rotatable bonds is 4. The van der Waals surface area contributed by atoms with Crippen LogP contribution >= 0.6 is 0 Å². The van der Waals surface area contributed by atoms with Crippen molar-refractivity contribution in [3.8, 4) is 0 Å². The van der Waals surface area contributed by atoms with Gasteiger partial charge in [-0.15, -0.1) is 0 Å². The molecule has 0 amide bonds. The minimum Gasteiger partial charge on any atom is -0.466 e. The molecule has 0 aromatic carbocycles. The first kappa shape index (κ1) is 9.47. The quantitative estimate of drug-likeness (QED) is 0.564. The summed E-state index contributed by atoms with van der Waals surface area (Å²) in [5, 5.41) is 0. The smallest absolute Gasteiger partial charge is 0.302 e. The van der Waals surface area contributed by atoms with Gasteiger partial charge < -0.3 is 4.74 Å². The monoisotopic (exact) mass is 144 g/mol. The van der Waals surface area contributed by atoms with Gasteiger partial charge in [-0.2, -0.15) is 0 Å². The van der Waals surface area contributed by atoms with Crippen LogP contribution in [0.25, 0.3) is 0 Å². The highest BCUT2D eigenvalue weighted by atomic mass is 16.5. The van der Waals surface area contributed by atoms with Crippen molar-refractivity contribution in [3.05, 3.63) is 0 Å². The van der Waals surface area contributed by atoms with Gasteiger partial charge in [0.15, 0.2) is 0 Å². The first-order chi connectivity index (χ1) is 4.70. The first-order valence-corrected chi connectivity index (χ1v) is 3.84. The van der Waals surface area contributed by atoms with E-state index in [1.54, 1.807) is 0 Å². The number of esters is 1. The molecular weight excluding hydrogens is 128 g/mol. The Balaban J connectivity index is 3.34. The average molecular weight is 144 g/mol. The molecule has 0 aliphatic rings. The van der Waals surface area contributed by atoms with E-state index >= 15 is 0 Å². The van der Waals surface area contributed by atoms with E-state index in [1.165, 1.54) is 6.92 Å². The fourth-order valence-electron chi connectivity index (χ4n) is 0.760. The standard InChI is InChI=1S/C8H16O2/c1-4-8(5-2)6-10-7(3)9/h8H,4-6H2,1-3H3. The second-order valence-corrected chi connectivity index (χ2v) is 2.49. The van der Waals surface area contributed by atoms with Crippen LogP contribution < -0.4 is 0 Å². The van der Waals surface area contributed by atoms with Crippen LogP contribution in [0.4, 0.5) is 0 Å². The molecule has 2 heteroatoms. The van der Waals surface area contributed by atoms with Crippen molar-refractivity contribution in [2.75, 3.05) is 6.61 Å². The predicted molar refractivity (Wildman–Crippen MR) is 40.7 cm³/mol. The largest absolute Gasteiger partial charge is 0.466 e. The third-order valence-electron chi connectivity index (χ3n) is 1.68. The Morgan fingerprint density at radius 3 is 2.20 bits per heavy atom. The van der Waals surface area contributed by atoms with E-state index in [-0.39, 0.29) is 5.97 Å². The van der Waals surface area contributed by atoms with Crippen molar-refractivity contribution in [1.29, 1.82) is 0 Å². The SMILES string of the molecule is CCC(CC)COC(C)=O. The minimum absolute atomic E-state index is 0.174. The third kappa shape index (κ3) is 4.36. The van der Waals surface area contributed by atoms with Crippen LogP contribution in [0, 0.1) is 5.92 Å². The fourth-order valence-corrected chi connectivity index (χ4v) is 0.760. The van der Waals surface area contributed by atoms with Gasteiger partial charge in [0.25, 0.3) is 0 Å². The van der Waals surface area contributed by atoms with Crippen molar-refractivity contribution in [2.45, 2.75) is 33.6 Å². The van der Waals surface area contributed by atoms with Crippen LogP contribution in [0.1, 0.15) is 33.6 Å². The van der Waals surface area contributed by atoms with Gasteiger partial charge in [0.1, 0.15) is 0 Å². The highest BCUT2D eigenvalue weighted by molar-refractivity contribution is 5.65. The van der Waals surface area contributed by atoms with E-state index in [2.05, 4.69) is 13.8 Å². The summed E-state index contributed by atoms with van der Waals surface area (Å²) in [6.45, 7) is 6.25. The molecule has 0 fully saturated rings. The molecule has 60 valence electrons. The molecule has 0 aliphatic heterocycles. The van der Waals surface area contributed by atoms with Gasteiger partial charge in [-0.3, -0.25) is 4.79 Å². The molecule has 0 rings (SSSR count). The van der Waals surface area contributed by atoms with Crippen LogP contribution in [0.3, 0.4) is 0 Å². The summed E-state index contributed by atoms with van der Waals surface area (Å²) in [6, 6.07) is 0. The van der Waals surface area contributed by atoms with Gasteiger partial charge in [-0.1, -0.05) is 26.7 Å². The van der Waals surface area contributed by atoms with Crippen molar-refractivity contribution in [1.82, 2.24) is 0 Å². The lowest BCUT2D eigenvalue weighted by molar-refractivity contribution is -0.142. The average Bonchev–Trinajstić information content (AvgIpc) is 1.90. The molecule has 0 N–H and O–H groups in total. The molecule has 0 aromatic heterocycles. The van der Waals surface area contributed by atoms with Crippen LogP contribution in [0.2, 0.25) is 0 Å². The Bertz CT molecular complexity index is 95.4. The van der Waals surface area contributed by atoms with Crippen LogP contribution in [0.15, 0.2) is 0 Å². The summed E-state index contributed by atoms with van der Waals surface area (Å²) in [5.74, 6) is 0.371. The first-order valence-electron chi connectivity index (χ1n) is 3.84. The molecule has 0 radical (unpaired) electrons. The zero-order chi connectivity index (χ0) is 7.98. The lowest BCUT2D eigenvalue weighted by Crippen LogP contribution is -2.10. The van der Waals surface area contributed by atoms with Gasteiger partial charge in [0, 0.05) is 6.92 Å². The summed E-state index contributed by atoms with van der Waals surface area (Å²) in [6.07, 6.45) is 2.17. The maximum absolute atomic E-state index is 10.4. The molecule has 0 saturated carbocycles. The zero-order valence-corrected chi connectivity index (χ0v) is 7.02. The molecule has 0 unspecified atom stereocenters. The van der Waals surface area contributed by atoms with Crippen LogP contribution in [-0.4, -0.2) is 12.6 Å². The maximum Gasteiger partial charge on any atom is 0.302 e. The van der Waals surface area contributed by atoms with Crippen molar-refractivity contribution < 1.29 is 9.53 Å². The molecule has 2 nitrogen and oxygen atoms in total. The Labute approximate surface area is 62.6 Å². The Morgan fingerprint density at radius 1 is 1.40 bits per heavy atom. The van der Waals surface area contributed by atoms with E-state index < -0.39 is 0 Å². The molecule has 0 saturated heterocycles. The second kappa shape index (κ2) is 5.27.